The molecule has 0 saturated heterocycles. The maximum absolute atomic E-state index is 11.4. The van der Waals surface area contributed by atoms with Crippen LogP contribution in [-0.4, -0.2) is 17.6 Å². The lowest BCUT2D eigenvalue weighted by Gasteiger charge is -2.17. The van der Waals surface area contributed by atoms with Crippen molar-refractivity contribution in [3.05, 3.63) is 28.3 Å². The number of anilines is 1. The van der Waals surface area contributed by atoms with E-state index in [1.807, 2.05) is 13.8 Å². The summed E-state index contributed by atoms with van der Waals surface area (Å²) >= 11 is 0. The first-order valence-electron chi connectivity index (χ1n) is 7.65. The molecule has 0 unspecified atom stereocenters. The molecule has 2 rings (SSSR count). The Morgan fingerprint density at radius 3 is 2.67 bits per heavy atom. The zero-order valence-corrected chi connectivity index (χ0v) is 13.0. The molecule has 1 aromatic carbocycles. The Morgan fingerprint density at radius 2 is 2.14 bits per heavy atom. The molecule has 0 atom stereocenters. The van der Waals surface area contributed by atoms with E-state index >= 15 is 0 Å². The quantitative estimate of drug-likeness (QED) is 0.570. The molecule has 0 radical (unpaired) electrons. The lowest BCUT2D eigenvalue weighted by molar-refractivity contribution is -0.385. The molecule has 5 heteroatoms. The first kappa shape index (κ1) is 15.6. The maximum atomic E-state index is 11.4. The van der Waals surface area contributed by atoms with Crippen LogP contribution >= 0.6 is 0 Å². The molecular weight excluding hydrogens is 268 g/mol. The molecule has 0 aromatic heterocycles. The van der Waals surface area contributed by atoms with Crippen LogP contribution in [0.2, 0.25) is 0 Å². The predicted octanol–water partition coefficient (Wildman–Crippen LogP) is 4.37. The fourth-order valence-corrected chi connectivity index (χ4v) is 2.71. The van der Waals surface area contributed by atoms with Gasteiger partial charge in [0.1, 0.15) is 5.69 Å². The number of para-hydroxylation sites is 1. The zero-order chi connectivity index (χ0) is 15.5. The van der Waals surface area contributed by atoms with E-state index in [4.69, 9.17) is 4.74 Å². The molecule has 1 aliphatic carbocycles. The number of benzene rings is 1. The molecule has 1 aliphatic rings. The smallest absolute Gasteiger partial charge is 0.333 e. The molecule has 0 amide bonds. The average Bonchev–Trinajstić information content (AvgIpc) is 3.16. The number of nitrogens with zero attached hydrogens (tertiary/aromatic N) is 1. The van der Waals surface area contributed by atoms with Gasteiger partial charge in [0, 0.05) is 6.54 Å². The molecule has 116 valence electrons. The van der Waals surface area contributed by atoms with Gasteiger partial charge in [-0.1, -0.05) is 19.4 Å². The number of hydrogen-bond donors (Lipinski definition) is 1. The fourth-order valence-electron chi connectivity index (χ4n) is 2.71. The minimum Gasteiger partial charge on any atom is -0.484 e. The van der Waals surface area contributed by atoms with Crippen molar-refractivity contribution in [2.24, 2.45) is 5.41 Å². The molecule has 1 N–H and O–H groups in total. The molecule has 0 heterocycles. The van der Waals surface area contributed by atoms with E-state index in [9.17, 15) is 10.1 Å². The van der Waals surface area contributed by atoms with Crippen molar-refractivity contribution in [3.8, 4) is 5.75 Å². The standard InChI is InChI=1S/C16H24N2O3/c1-4-8-16(9-10-16)11-17-13-6-5-7-14(21-12(2)3)15(13)18(19)20/h5-7,12,17H,4,8-11H2,1-3H3. The number of rotatable bonds is 8. The van der Waals surface area contributed by atoms with Crippen molar-refractivity contribution >= 4 is 11.4 Å². The number of hydrogen-bond acceptors (Lipinski definition) is 4. The van der Waals surface area contributed by atoms with Gasteiger partial charge in [-0.3, -0.25) is 10.1 Å². The normalized spacial score (nSPS) is 15.8. The molecule has 1 saturated carbocycles. The molecule has 0 spiro atoms. The first-order valence-corrected chi connectivity index (χ1v) is 7.65. The van der Waals surface area contributed by atoms with E-state index in [0.717, 1.165) is 13.0 Å². The van der Waals surface area contributed by atoms with Crippen molar-refractivity contribution in [3.63, 3.8) is 0 Å². The van der Waals surface area contributed by atoms with E-state index < -0.39 is 0 Å². The fraction of sp³-hybridized carbons (Fsp3) is 0.625. The zero-order valence-electron chi connectivity index (χ0n) is 13.0. The van der Waals surface area contributed by atoms with Gasteiger partial charge in [-0.2, -0.15) is 0 Å². The summed E-state index contributed by atoms with van der Waals surface area (Å²) in [6.45, 7) is 6.71. The summed E-state index contributed by atoms with van der Waals surface area (Å²) in [5.41, 5.74) is 0.941. The lowest BCUT2D eigenvalue weighted by atomic mass is 10.0. The van der Waals surface area contributed by atoms with Crippen molar-refractivity contribution in [2.45, 2.75) is 52.6 Å². The molecule has 1 aromatic rings. The third-order valence-electron chi connectivity index (χ3n) is 3.94. The van der Waals surface area contributed by atoms with Gasteiger partial charge < -0.3 is 10.1 Å². The van der Waals surface area contributed by atoms with E-state index in [0.29, 0.717) is 16.9 Å². The topological polar surface area (TPSA) is 64.4 Å². The number of ether oxygens (including phenoxy) is 1. The van der Waals surface area contributed by atoms with Gasteiger partial charge in [0.25, 0.3) is 0 Å². The second kappa shape index (κ2) is 6.33. The van der Waals surface area contributed by atoms with Gasteiger partial charge in [-0.15, -0.1) is 0 Å². The SMILES string of the molecule is CCCC1(CNc2cccc(OC(C)C)c2[N+](=O)[O-])CC1. The van der Waals surface area contributed by atoms with E-state index in [-0.39, 0.29) is 16.7 Å². The highest BCUT2D eigenvalue weighted by atomic mass is 16.6. The highest BCUT2D eigenvalue weighted by Crippen LogP contribution is 2.50. The summed E-state index contributed by atoms with van der Waals surface area (Å²) in [5, 5.41) is 14.6. The number of nitrogens with one attached hydrogen (secondary N) is 1. The predicted molar refractivity (Wildman–Crippen MR) is 83.9 cm³/mol. The van der Waals surface area contributed by atoms with Crippen molar-refractivity contribution < 1.29 is 9.66 Å². The van der Waals surface area contributed by atoms with Crippen LogP contribution in [0.15, 0.2) is 18.2 Å². The first-order chi connectivity index (χ1) is 9.97. The van der Waals surface area contributed by atoms with Gasteiger partial charge in [-0.25, -0.2) is 0 Å². The van der Waals surface area contributed by atoms with Crippen molar-refractivity contribution in [1.29, 1.82) is 0 Å². The Morgan fingerprint density at radius 1 is 1.43 bits per heavy atom. The van der Waals surface area contributed by atoms with Crippen LogP contribution in [-0.2, 0) is 0 Å². The second-order valence-corrected chi connectivity index (χ2v) is 6.18. The number of nitro groups is 1. The van der Waals surface area contributed by atoms with Crippen LogP contribution in [0.3, 0.4) is 0 Å². The Balaban J connectivity index is 2.16. The summed E-state index contributed by atoms with van der Waals surface area (Å²) in [6, 6.07) is 5.21. The summed E-state index contributed by atoms with van der Waals surface area (Å²) < 4.78 is 5.56. The maximum Gasteiger partial charge on any atom is 0.333 e. The lowest BCUT2D eigenvalue weighted by Crippen LogP contribution is -2.16. The summed E-state index contributed by atoms with van der Waals surface area (Å²) in [7, 11) is 0. The van der Waals surface area contributed by atoms with Gasteiger partial charge >= 0.3 is 5.69 Å². The van der Waals surface area contributed by atoms with Crippen LogP contribution in [0.25, 0.3) is 0 Å². The summed E-state index contributed by atoms with van der Waals surface area (Å²) in [6.07, 6.45) is 4.66. The van der Waals surface area contributed by atoms with Crippen LogP contribution in [0.5, 0.6) is 5.75 Å². The van der Waals surface area contributed by atoms with Crippen LogP contribution < -0.4 is 10.1 Å². The minimum absolute atomic E-state index is 0.0403. The Hall–Kier alpha value is -1.78. The largest absolute Gasteiger partial charge is 0.484 e. The van der Waals surface area contributed by atoms with Crippen LogP contribution in [0.4, 0.5) is 11.4 Å². The van der Waals surface area contributed by atoms with Crippen LogP contribution in [0.1, 0.15) is 46.5 Å². The van der Waals surface area contributed by atoms with E-state index in [1.165, 1.54) is 19.3 Å². The second-order valence-electron chi connectivity index (χ2n) is 6.18. The van der Waals surface area contributed by atoms with Crippen LogP contribution in [0, 0.1) is 15.5 Å². The third-order valence-corrected chi connectivity index (χ3v) is 3.94. The Labute approximate surface area is 125 Å². The molecule has 0 aliphatic heterocycles. The molecule has 1 fully saturated rings. The van der Waals surface area contributed by atoms with Gasteiger partial charge in [-0.05, 0) is 50.7 Å². The minimum atomic E-state index is -0.362. The number of nitro benzene ring substituents is 1. The molecule has 0 bridgehead atoms. The highest BCUT2D eigenvalue weighted by molar-refractivity contribution is 5.68. The van der Waals surface area contributed by atoms with E-state index in [2.05, 4.69) is 12.2 Å². The summed E-state index contributed by atoms with van der Waals surface area (Å²) in [5.74, 6) is 0.334. The Kier molecular flexibility index (Phi) is 4.70. The average molecular weight is 292 g/mol. The molecule has 5 nitrogen and oxygen atoms in total. The van der Waals surface area contributed by atoms with Crippen molar-refractivity contribution in [1.82, 2.24) is 0 Å². The van der Waals surface area contributed by atoms with E-state index in [1.54, 1.807) is 18.2 Å². The molecule has 21 heavy (non-hydrogen) atoms. The molecular formula is C16H24N2O3. The van der Waals surface area contributed by atoms with Gasteiger partial charge in [0.15, 0.2) is 5.75 Å². The summed E-state index contributed by atoms with van der Waals surface area (Å²) in [4.78, 5) is 11.0. The Bertz CT molecular complexity index is 510. The third kappa shape index (κ3) is 3.86. The van der Waals surface area contributed by atoms with Crippen molar-refractivity contribution in [2.75, 3.05) is 11.9 Å². The highest BCUT2D eigenvalue weighted by Gasteiger charge is 2.41. The monoisotopic (exact) mass is 292 g/mol. The van der Waals surface area contributed by atoms with Gasteiger partial charge in [0.05, 0.1) is 11.0 Å². The van der Waals surface area contributed by atoms with Gasteiger partial charge in [0.2, 0.25) is 0 Å².